The number of carboxylic acid groups (broad SMARTS) is 1. The van der Waals surface area contributed by atoms with Gasteiger partial charge in [-0.25, -0.2) is 0 Å². The number of carbonyl (C=O) groups excluding carboxylic acids is 1. The molecule has 0 radical (unpaired) electrons. The van der Waals surface area contributed by atoms with Crippen molar-refractivity contribution < 1.29 is 19.4 Å². The Hall–Kier alpha value is -1.14. The van der Waals surface area contributed by atoms with Gasteiger partial charge in [0.1, 0.15) is 0 Å². The SMILES string of the molecule is CC1(NC(=O)C(N)CCC(=O)O)CCOCC1. The molecule has 6 heteroatoms. The normalized spacial score (nSPS) is 20.6. The summed E-state index contributed by atoms with van der Waals surface area (Å²) in [5.41, 5.74) is 5.35. The summed E-state index contributed by atoms with van der Waals surface area (Å²) in [6.45, 7) is 3.21. The predicted octanol–water partition coefficient (Wildman–Crippen LogP) is -0.136. The Morgan fingerprint density at radius 1 is 1.47 bits per heavy atom. The summed E-state index contributed by atoms with van der Waals surface area (Å²) in [5.74, 6) is -1.22. The second-order valence-electron chi connectivity index (χ2n) is 4.70. The molecule has 1 unspecified atom stereocenters. The van der Waals surface area contributed by atoms with Gasteiger partial charge in [-0.1, -0.05) is 0 Å². The minimum atomic E-state index is -0.939. The van der Waals surface area contributed by atoms with Crippen molar-refractivity contribution in [2.24, 2.45) is 5.73 Å². The average molecular weight is 244 g/mol. The summed E-state index contributed by atoms with van der Waals surface area (Å²) in [6.07, 6.45) is 1.58. The van der Waals surface area contributed by atoms with Crippen molar-refractivity contribution in [1.29, 1.82) is 0 Å². The first-order valence-corrected chi connectivity index (χ1v) is 5.80. The summed E-state index contributed by atoms with van der Waals surface area (Å²) in [7, 11) is 0. The number of rotatable bonds is 5. The second-order valence-corrected chi connectivity index (χ2v) is 4.70. The Kier molecular flexibility index (Phi) is 4.89. The van der Waals surface area contributed by atoms with Crippen molar-refractivity contribution in [2.75, 3.05) is 13.2 Å². The van der Waals surface area contributed by atoms with E-state index >= 15 is 0 Å². The second kappa shape index (κ2) is 5.97. The summed E-state index contributed by atoms with van der Waals surface area (Å²) in [4.78, 5) is 22.1. The molecule has 1 amide bonds. The zero-order valence-corrected chi connectivity index (χ0v) is 10.1. The molecule has 1 fully saturated rings. The van der Waals surface area contributed by atoms with Crippen LogP contribution in [0.25, 0.3) is 0 Å². The van der Waals surface area contributed by atoms with Crippen molar-refractivity contribution in [1.82, 2.24) is 5.32 Å². The van der Waals surface area contributed by atoms with Crippen LogP contribution in [0.1, 0.15) is 32.6 Å². The molecule has 1 atom stereocenters. The van der Waals surface area contributed by atoms with E-state index in [1.54, 1.807) is 0 Å². The summed E-state index contributed by atoms with van der Waals surface area (Å²) < 4.78 is 5.23. The fourth-order valence-electron chi connectivity index (χ4n) is 1.75. The number of carboxylic acids is 1. The van der Waals surface area contributed by atoms with E-state index in [4.69, 9.17) is 15.6 Å². The Balaban J connectivity index is 2.39. The van der Waals surface area contributed by atoms with E-state index in [0.29, 0.717) is 13.2 Å². The lowest BCUT2D eigenvalue weighted by Gasteiger charge is -2.35. The highest BCUT2D eigenvalue weighted by atomic mass is 16.5. The van der Waals surface area contributed by atoms with E-state index in [1.165, 1.54) is 0 Å². The Bertz CT molecular complexity index is 287. The molecule has 1 heterocycles. The third-order valence-corrected chi connectivity index (χ3v) is 3.03. The van der Waals surface area contributed by atoms with Gasteiger partial charge in [0.25, 0.3) is 0 Å². The molecular weight excluding hydrogens is 224 g/mol. The van der Waals surface area contributed by atoms with Crippen LogP contribution in [0, 0.1) is 0 Å². The fourth-order valence-corrected chi connectivity index (χ4v) is 1.75. The van der Waals surface area contributed by atoms with Crippen LogP contribution in [0.3, 0.4) is 0 Å². The standard InChI is InChI=1S/C11H20N2O4/c1-11(4-6-17-7-5-11)13-10(16)8(12)2-3-9(14)15/h8H,2-7,12H2,1H3,(H,13,16)(H,14,15). The zero-order valence-electron chi connectivity index (χ0n) is 10.1. The van der Waals surface area contributed by atoms with Crippen molar-refractivity contribution in [2.45, 2.75) is 44.2 Å². The molecule has 6 nitrogen and oxygen atoms in total. The Morgan fingerprint density at radius 3 is 2.59 bits per heavy atom. The highest BCUT2D eigenvalue weighted by Gasteiger charge is 2.30. The molecule has 0 aromatic heterocycles. The van der Waals surface area contributed by atoms with Gasteiger partial charge < -0.3 is 20.9 Å². The maximum atomic E-state index is 11.8. The quantitative estimate of drug-likeness (QED) is 0.625. The van der Waals surface area contributed by atoms with E-state index < -0.39 is 12.0 Å². The van der Waals surface area contributed by atoms with Crippen LogP contribution in [-0.4, -0.2) is 41.8 Å². The van der Waals surface area contributed by atoms with Gasteiger partial charge in [-0.15, -0.1) is 0 Å². The monoisotopic (exact) mass is 244 g/mol. The van der Waals surface area contributed by atoms with Crippen molar-refractivity contribution in [3.8, 4) is 0 Å². The van der Waals surface area contributed by atoms with Gasteiger partial charge in [0.05, 0.1) is 6.04 Å². The van der Waals surface area contributed by atoms with Gasteiger partial charge in [0.2, 0.25) is 5.91 Å². The number of nitrogens with one attached hydrogen (secondary N) is 1. The number of amides is 1. The largest absolute Gasteiger partial charge is 0.481 e. The lowest BCUT2D eigenvalue weighted by atomic mass is 9.92. The molecule has 1 saturated heterocycles. The highest BCUT2D eigenvalue weighted by Crippen LogP contribution is 2.19. The van der Waals surface area contributed by atoms with E-state index in [2.05, 4.69) is 5.32 Å². The Labute approximate surface area is 101 Å². The zero-order chi connectivity index (χ0) is 12.9. The third-order valence-electron chi connectivity index (χ3n) is 3.03. The number of aliphatic carboxylic acids is 1. The summed E-state index contributed by atoms with van der Waals surface area (Å²) >= 11 is 0. The molecule has 98 valence electrons. The summed E-state index contributed by atoms with van der Waals surface area (Å²) in [5, 5.41) is 11.4. The molecule has 0 aromatic rings. The molecule has 0 aromatic carbocycles. The first kappa shape index (κ1) is 13.9. The summed E-state index contributed by atoms with van der Waals surface area (Å²) in [6, 6.07) is -0.759. The predicted molar refractivity (Wildman–Crippen MR) is 61.4 cm³/mol. The van der Waals surface area contributed by atoms with Crippen molar-refractivity contribution in [3.63, 3.8) is 0 Å². The first-order valence-electron chi connectivity index (χ1n) is 5.80. The van der Waals surface area contributed by atoms with Crippen LogP contribution < -0.4 is 11.1 Å². The molecule has 0 spiro atoms. The molecule has 0 bridgehead atoms. The molecular formula is C11H20N2O4. The average Bonchev–Trinajstić information content (AvgIpc) is 2.26. The highest BCUT2D eigenvalue weighted by molar-refractivity contribution is 5.82. The van der Waals surface area contributed by atoms with Gasteiger partial charge in [-0.2, -0.15) is 0 Å². The molecule has 4 N–H and O–H groups in total. The Morgan fingerprint density at radius 2 is 2.06 bits per heavy atom. The lowest BCUT2D eigenvalue weighted by Crippen LogP contribution is -2.54. The maximum Gasteiger partial charge on any atom is 0.303 e. The van der Waals surface area contributed by atoms with Crippen LogP contribution in [-0.2, 0) is 14.3 Å². The number of nitrogens with two attached hydrogens (primary N) is 1. The first-order chi connectivity index (χ1) is 7.93. The molecule has 0 aliphatic carbocycles. The van der Waals surface area contributed by atoms with Gasteiger partial charge in [-0.3, -0.25) is 9.59 Å². The van der Waals surface area contributed by atoms with Gasteiger partial charge >= 0.3 is 5.97 Å². The molecule has 1 aliphatic heterocycles. The van der Waals surface area contributed by atoms with Crippen LogP contribution in [0.4, 0.5) is 0 Å². The number of ether oxygens (including phenoxy) is 1. The van der Waals surface area contributed by atoms with E-state index in [1.807, 2.05) is 6.92 Å². The molecule has 1 aliphatic rings. The molecule has 0 saturated carbocycles. The van der Waals surface area contributed by atoms with Crippen LogP contribution in [0.15, 0.2) is 0 Å². The van der Waals surface area contributed by atoms with Crippen LogP contribution in [0.5, 0.6) is 0 Å². The van der Waals surface area contributed by atoms with Gasteiger partial charge in [0, 0.05) is 25.2 Å². The molecule has 17 heavy (non-hydrogen) atoms. The topological polar surface area (TPSA) is 102 Å². The van der Waals surface area contributed by atoms with Crippen molar-refractivity contribution in [3.05, 3.63) is 0 Å². The van der Waals surface area contributed by atoms with E-state index in [0.717, 1.165) is 12.8 Å². The van der Waals surface area contributed by atoms with Gasteiger partial charge in [0.15, 0.2) is 0 Å². The fraction of sp³-hybridized carbons (Fsp3) is 0.818. The number of hydrogen-bond donors (Lipinski definition) is 3. The lowest BCUT2D eigenvalue weighted by molar-refractivity contribution is -0.137. The third kappa shape index (κ3) is 4.70. The minimum absolute atomic E-state index is 0.0889. The number of hydrogen-bond acceptors (Lipinski definition) is 4. The molecule has 1 rings (SSSR count). The van der Waals surface area contributed by atoms with Crippen LogP contribution in [0.2, 0.25) is 0 Å². The van der Waals surface area contributed by atoms with E-state index in [9.17, 15) is 9.59 Å². The maximum absolute atomic E-state index is 11.8. The van der Waals surface area contributed by atoms with E-state index in [-0.39, 0.29) is 24.3 Å². The number of carbonyl (C=O) groups is 2. The minimum Gasteiger partial charge on any atom is -0.481 e. The van der Waals surface area contributed by atoms with Gasteiger partial charge in [-0.05, 0) is 26.2 Å². The van der Waals surface area contributed by atoms with Crippen LogP contribution >= 0.6 is 0 Å². The smallest absolute Gasteiger partial charge is 0.303 e. The van der Waals surface area contributed by atoms with Crippen molar-refractivity contribution >= 4 is 11.9 Å².